The first-order valence-corrected chi connectivity index (χ1v) is 8.19. The van der Waals surface area contributed by atoms with Crippen molar-refractivity contribution < 1.29 is 14.3 Å². The van der Waals surface area contributed by atoms with Gasteiger partial charge < -0.3 is 9.72 Å². The SMILES string of the molecule is Cc1[nH]c2ccccc2c1C(=O)C(C)OC(=O)c1cncc(Br)c1. The van der Waals surface area contributed by atoms with Crippen LogP contribution in [0.25, 0.3) is 10.9 Å². The second-order valence-electron chi connectivity index (χ2n) is 5.47. The third-order valence-electron chi connectivity index (χ3n) is 3.73. The highest BCUT2D eigenvalue weighted by atomic mass is 79.9. The van der Waals surface area contributed by atoms with Gasteiger partial charge in [-0.3, -0.25) is 9.78 Å². The number of nitrogens with zero attached hydrogens (tertiary/aromatic N) is 1. The smallest absolute Gasteiger partial charge is 0.340 e. The number of ether oxygens (including phenoxy) is 1. The van der Waals surface area contributed by atoms with Gasteiger partial charge in [-0.05, 0) is 41.9 Å². The summed E-state index contributed by atoms with van der Waals surface area (Å²) in [7, 11) is 0. The lowest BCUT2D eigenvalue weighted by atomic mass is 10.0. The van der Waals surface area contributed by atoms with Crippen LogP contribution in [-0.2, 0) is 4.74 Å². The third-order valence-corrected chi connectivity index (χ3v) is 4.17. The molecule has 0 fully saturated rings. The minimum absolute atomic E-state index is 0.235. The van der Waals surface area contributed by atoms with E-state index in [1.165, 1.54) is 6.20 Å². The maximum Gasteiger partial charge on any atom is 0.340 e. The summed E-state index contributed by atoms with van der Waals surface area (Å²) >= 11 is 3.25. The van der Waals surface area contributed by atoms with Crippen molar-refractivity contribution in [2.45, 2.75) is 20.0 Å². The highest BCUT2D eigenvalue weighted by molar-refractivity contribution is 9.10. The standard InChI is InChI=1S/C18H15BrN2O3/c1-10-16(14-5-3-4-6-15(14)21-10)17(22)11(2)24-18(23)12-7-13(19)9-20-8-12/h3-9,11,21H,1-2H3. The van der Waals surface area contributed by atoms with Crippen LogP contribution in [0.5, 0.6) is 0 Å². The minimum atomic E-state index is -0.894. The van der Waals surface area contributed by atoms with Crippen LogP contribution in [0.15, 0.2) is 47.2 Å². The molecule has 0 spiro atoms. The van der Waals surface area contributed by atoms with Crippen LogP contribution in [-0.4, -0.2) is 27.8 Å². The van der Waals surface area contributed by atoms with E-state index in [1.54, 1.807) is 19.2 Å². The lowest BCUT2D eigenvalue weighted by Crippen LogP contribution is -2.25. The van der Waals surface area contributed by atoms with Crippen LogP contribution in [0.1, 0.15) is 33.3 Å². The van der Waals surface area contributed by atoms with Crippen LogP contribution in [0.3, 0.4) is 0 Å². The molecule has 1 aromatic carbocycles. The van der Waals surface area contributed by atoms with Crippen molar-refractivity contribution in [2.75, 3.05) is 0 Å². The summed E-state index contributed by atoms with van der Waals surface area (Å²) in [4.78, 5) is 32.0. The minimum Gasteiger partial charge on any atom is -0.451 e. The normalized spacial score (nSPS) is 12.1. The summed E-state index contributed by atoms with van der Waals surface area (Å²) in [6, 6.07) is 9.15. The summed E-state index contributed by atoms with van der Waals surface area (Å²) < 4.78 is 5.99. The molecule has 2 heterocycles. The van der Waals surface area contributed by atoms with Gasteiger partial charge in [0.1, 0.15) is 0 Å². The molecule has 0 saturated carbocycles. The second kappa shape index (κ2) is 6.57. The topological polar surface area (TPSA) is 72.1 Å². The Balaban J connectivity index is 1.84. The van der Waals surface area contributed by atoms with Gasteiger partial charge in [0.15, 0.2) is 6.10 Å². The maximum atomic E-state index is 12.8. The molecule has 5 nitrogen and oxygen atoms in total. The average Bonchev–Trinajstić information content (AvgIpc) is 2.89. The van der Waals surface area contributed by atoms with E-state index in [2.05, 4.69) is 25.9 Å². The molecule has 6 heteroatoms. The number of para-hydroxylation sites is 1. The van der Waals surface area contributed by atoms with Gasteiger partial charge in [-0.1, -0.05) is 18.2 Å². The number of rotatable bonds is 4. The molecule has 3 aromatic rings. The number of aryl methyl sites for hydroxylation is 1. The number of H-pyrrole nitrogens is 1. The molecule has 0 saturated heterocycles. The number of hydrogen-bond acceptors (Lipinski definition) is 4. The summed E-state index contributed by atoms with van der Waals surface area (Å²) in [6.07, 6.45) is 2.08. The number of carbonyl (C=O) groups is 2. The molecule has 2 aromatic heterocycles. The van der Waals surface area contributed by atoms with Crippen molar-refractivity contribution in [1.29, 1.82) is 0 Å². The molecule has 3 rings (SSSR count). The van der Waals surface area contributed by atoms with Crippen molar-refractivity contribution in [3.8, 4) is 0 Å². The molecular weight excluding hydrogens is 372 g/mol. The van der Waals surface area contributed by atoms with E-state index in [-0.39, 0.29) is 5.78 Å². The van der Waals surface area contributed by atoms with Crippen molar-refractivity contribution in [2.24, 2.45) is 0 Å². The number of carbonyl (C=O) groups excluding carboxylic acids is 2. The molecule has 0 bridgehead atoms. The van der Waals surface area contributed by atoms with Crippen LogP contribution in [0.4, 0.5) is 0 Å². The lowest BCUT2D eigenvalue weighted by molar-refractivity contribution is 0.0318. The summed E-state index contributed by atoms with van der Waals surface area (Å²) in [5.41, 5.74) is 2.49. The fourth-order valence-corrected chi connectivity index (χ4v) is 2.97. The van der Waals surface area contributed by atoms with Crippen LogP contribution in [0.2, 0.25) is 0 Å². The molecule has 0 amide bonds. The fraction of sp³-hybridized carbons (Fsp3) is 0.167. The molecule has 1 atom stereocenters. The summed E-state index contributed by atoms with van der Waals surface area (Å²) in [6.45, 7) is 3.41. The zero-order chi connectivity index (χ0) is 17.3. The Kier molecular flexibility index (Phi) is 4.49. The summed E-state index contributed by atoms with van der Waals surface area (Å²) in [5.74, 6) is -0.816. The zero-order valence-electron chi connectivity index (χ0n) is 13.2. The molecule has 0 radical (unpaired) electrons. The van der Waals surface area contributed by atoms with E-state index in [1.807, 2.05) is 31.2 Å². The van der Waals surface area contributed by atoms with Gasteiger partial charge >= 0.3 is 5.97 Å². The molecule has 24 heavy (non-hydrogen) atoms. The molecule has 1 N–H and O–H groups in total. The van der Waals surface area contributed by atoms with E-state index in [9.17, 15) is 9.59 Å². The maximum absolute atomic E-state index is 12.8. The highest BCUT2D eigenvalue weighted by Gasteiger charge is 2.25. The van der Waals surface area contributed by atoms with Gasteiger partial charge in [0, 0.05) is 39.0 Å². The van der Waals surface area contributed by atoms with Crippen molar-refractivity contribution >= 4 is 38.6 Å². The predicted octanol–water partition coefficient (Wildman–Crippen LogP) is 4.06. The monoisotopic (exact) mass is 386 g/mol. The van der Waals surface area contributed by atoms with Crippen LogP contribution in [0, 0.1) is 6.92 Å². The molecule has 0 aliphatic carbocycles. The van der Waals surface area contributed by atoms with E-state index >= 15 is 0 Å². The number of Topliss-reactive ketones (excluding diaryl/α,β-unsaturated/α-hetero) is 1. The van der Waals surface area contributed by atoms with Crippen molar-refractivity contribution in [3.05, 3.63) is 64.0 Å². The zero-order valence-corrected chi connectivity index (χ0v) is 14.8. The number of aromatic amines is 1. The Morgan fingerprint density at radius 3 is 2.75 bits per heavy atom. The van der Waals surface area contributed by atoms with Crippen LogP contribution < -0.4 is 0 Å². The third kappa shape index (κ3) is 3.10. The fourth-order valence-electron chi connectivity index (χ4n) is 2.60. The van der Waals surface area contributed by atoms with Gasteiger partial charge in [0.25, 0.3) is 0 Å². The first-order chi connectivity index (χ1) is 11.5. The van der Waals surface area contributed by atoms with Gasteiger partial charge in [-0.2, -0.15) is 0 Å². The first kappa shape index (κ1) is 16.4. The van der Waals surface area contributed by atoms with E-state index in [4.69, 9.17) is 4.74 Å². The number of esters is 1. The Morgan fingerprint density at radius 1 is 1.25 bits per heavy atom. The Bertz CT molecular complexity index is 933. The van der Waals surface area contributed by atoms with Crippen molar-refractivity contribution in [1.82, 2.24) is 9.97 Å². The predicted molar refractivity (Wildman–Crippen MR) is 94.2 cm³/mol. The number of hydrogen-bond donors (Lipinski definition) is 1. The largest absolute Gasteiger partial charge is 0.451 e. The molecule has 0 aliphatic heterocycles. The first-order valence-electron chi connectivity index (χ1n) is 7.40. The Hall–Kier alpha value is -2.47. The van der Waals surface area contributed by atoms with Crippen LogP contribution >= 0.6 is 15.9 Å². The number of nitrogens with one attached hydrogen (secondary N) is 1. The number of benzene rings is 1. The van der Waals surface area contributed by atoms with E-state index in [0.29, 0.717) is 15.6 Å². The quantitative estimate of drug-likeness (QED) is 0.541. The number of aromatic nitrogens is 2. The van der Waals surface area contributed by atoms with Gasteiger partial charge in [0.2, 0.25) is 5.78 Å². The van der Waals surface area contributed by atoms with E-state index in [0.717, 1.165) is 16.6 Å². The number of pyridine rings is 1. The number of halogens is 1. The number of ketones is 1. The van der Waals surface area contributed by atoms with Gasteiger partial charge in [0.05, 0.1) is 5.56 Å². The highest BCUT2D eigenvalue weighted by Crippen LogP contribution is 2.24. The Morgan fingerprint density at radius 2 is 2.00 bits per heavy atom. The van der Waals surface area contributed by atoms with Gasteiger partial charge in [-0.25, -0.2) is 4.79 Å². The van der Waals surface area contributed by atoms with Gasteiger partial charge in [-0.15, -0.1) is 0 Å². The lowest BCUT2D eigenvalue weighted by Gasteiger charge is -2.12. The van der Waals surface area contributed by atoms with E-state index < -0.39 is 12.1 Å². The number of fused-ring (bicyclic) bond motifs is 1. The van der Waals surface area contributed by atoms with Crippen molar-refractivity contribution in [3.63, 3.8) is 0 Å². The molecule has 0 aliphatic rings. The average molecular weight is 387 g/mol. The molecule has 122 valence electrons. The Labute approximate surface area is 147 Å². The molecular formula is C18H15BrN2O3. The second-order valence-corrected chi connectivity index (χ2v) is 6.39. The summed E-state index contributed by atoms with van der Waals surface area (Å²) in [5, 5.41) is 0.826. The molecule has 1 unspecified atom stereocenters.